The Kier molecular flexibility index (Phi) is 7.06. The second kappa shape index (κ2) is 8.30. The number of nitrogens with one attached hydrogen (secondary N) is 3. The molecule has 0 amide bonds. The average molecular weight is 333 g/mol. The van der Waals surface area contributed by atoms with E-state index in [1.54, 1.807) is 18.4 Å². The highest BCUT2D eigenvalue weighted by molar-refractivity contribution is 7.88. The van der Waals surface area contributed by atoms with Crippen molar-refractivity contribution in [1.82, 2.24) is 20.3 Å². The lowest BCUT2D eigenvalue weighted by molar-refractivity contribution is 0.584. The normalized spacial score (nSPS) is 12.5. The minimum absolute atomic E-state index is 0.410. The van der Waals surface area contributed by atoms with Crippen LogP contribution in [0.15, 0.2) is 4.99 Å². The van der Waals surface area contributed by atoms with Crippen molar-refractivity contribution >= 4 is 27.3 Å². The molecule has 120 valence electrons. The molecule has 7 nitrogen and oxygen atoms in total. The van der Waals surface area contributed by atoms with Crippen molar-refractivity contribution < 1.29 is 8.42 Å². The Morgan fingerprint density at radius 1 is 1.29 bits per heavy atom. The predicted octanol–water partition coefficient (Wildman–Crippen LogP) is 0.364. The quantitative estimate of drug-likeness (QED) is 0.380. The molecular formula is C12H23N5O2S2. The molecule has 0 aliphatic rings. The predicted molar refractivity (Wildman–Crippen MR) is 87.3 cm³/mol. The van der Waals surface area contributed by atoms with Crippen molar-refractivity contribution in [2.24, 2.45) is 4.99 Å². The Labute approximate surface area is 130 Å². The SMILES string of the molecule is CN=C(NCCCNS(C)(=O)=O)NCc1nc(C)c(C)s1. The van der Waals surface area contributed by atoms with E-state index in [1.165, 1.54) is 4.88 Å². The molecule has 0 radical (unpaired) electrons. The van der Waals surface area contributed by atoms with Crippen LogP contribution in [-0.2, 0) is 16.6 Å². The molecular weight excluding hydrogens is 310 g/mol. The maximum atomic E-state index is 10.9. The Bertz CT molecular complexity index is 561. The number of rotatable bonds is 7. The van der Waals surface area contributed by atoms with E-state index in [2.05, 4.69) is 32.3 Å². The highest BCUT2D eigenvalue weighted by Crippen LogP contribution is 2.15. The Balaban J connectivity index is 2.26. The van der Waals surface area contributed by atoms with Crippen molar-refractivity contribution in [3.63, 3.8) is 0 Å². The summed E-state index contributed by atoms with van der Waals surface area (Å²) in [5.41, 5.74) is 1.06. The number of hydrogen-bond donors (Lipinski definition) is 3. The third-order valence-corrected chi connectivity index (χ3v) is 4.52. The number of aromatic nitrogens is 1. The summed E-state index contributed by atoms with van der Waals surface area (Å²) in [6, 6.07) is 0. The van der Waals surface area contributed by atoms with Gasteiger partial charge in [0.25, 0.3) is 0 Å². The summed E-state index contributed by atoms with van der Waals surface area (Å²) in [6.45, 7) is 5.72. The van der Waals surface area contributed by atoms with Gasteiger partial charge in [0.05, 0.1) is 18.5 Å². The first-order valence-corrected chi connectivity index (χ1v) is 9.34. The molecule has 0 unspecified atom stereocenters. The largest absolute Gasteiger partial charge is 0.356 e. The van der Waals surface area contributed by atoms with Crippen LogP contribution in [-0.4, -0.2) is 45.8 Å². The molecule has 0 atom stereocenters. The second-order valence-corrected chi connectivity index (χ2v) is 7.74. The van der Waals surface area contributed by atoms with Gasteiger partial charge in [-0.15, -0.1) is 11.3 Å². The van der Waals surface area contributed by atoms with Gasteiger partial charge in [0.15, 0.2) is 5.96 Å². The van der Waals surface area contributed by atoms with E-state index >= 15 is 0 Å². The van der Waals surface area contributed by atoms with Crippen LogP contribution in [0.1, 0.15) is 22.0 Å². The van der Waals surface area contributed by atoms with Crippen LogP contribution < -0.4 is 15.4 Å². The summed E-state index contributed by atoms with van der Waals surface area (Å²) >= 11 is 1.67. The highest BCUT2D eigenvalue weighted by Gasteiger charge is 2.05. The number of aliphatic imine (C=N–C) groups is 1. The third kappa shape index (κ3) is 7.39. The van der Waals surface area contributed by atoms with Gasteiger partial charge in [-0.1, -0.05) is 0 Å². The van der Waals surface area contributed by atoms with Crippen LogP contribution in [0, 0.1) is 13.8 Å². The lowest BCUT2D eigenvalue weighted by atomic mass is 10.4. The van der Waals surface area contributed by atoms with Crippen LogP contribution in [0.4, 0.5) is 0 Å². The molecule has 21 heavy (non-hydrogen) atoms. The molecule has 0 aromatic carbocycles. The highest BCUT2D eigenvalue weighted by atomic mass is 32.2. The van der Waals surface area contributed by atoms with Gasteiger partial charge in [-0.2, -0.15) is 0 Å². The molecule has 0 bridgehead atoms. The average Bonchev–Trinajstić information content (AvgIpc) is 2.71. The van der Waals surface area contributed by atoms with Crippen LogP contribution in [0.5, 0.6) is 0 Å². The summed E-state index contributed by atoms with van der Waals surface area (Å²) in [5.74, 6) is 0.680. The molecule has 9 heteroatoms. The van der Waals surface area contributed by atoms with Crippen molar-refractivity contribution in [2.75, 3.05) is 26.4 Å². The van der Waals surface area contributed by atoms with Crippen LogP contribution in [0.2, 0.25) is 0 Å². The Morgan fingerprint density at radius 2 is 2.00 bits per heavy atom. The van der Waals surface area contributed by atoms with Gasteiger partial charge in [-0.05, 0) is 20.3 Å². The number of aryl methyl sites for hydroxylation is 2. The molecule has 0 saturated heterocycles. The van der Waals surface area contributed by atoms with E-state index in [9.17, 15) is 8.42 Å². The Morgan fingerprint density at radius 3 is 2.52 bits per heavy atom. The molecule has 1 heterocycles. The zero-order valence-corrected chi connectivity index (χ0v) is 14.5. The van der Waals surface area contributed by atoms with E-state index in [0.717, 1.165) is 17.0 Å². The van der Waals surface area contributed by atoms with Gasteiger partial charge in [-0.25, -0.2) is 18.1 Å². The standard InChI is InChI=1S/C12H23N5O2S2/c1-9-10(2)20-11(17-9)8-15-12(13-3)14-6-5-7-16-21(4,18)19/h16H,5-8H2,1-4H3,(H2,13,14,15). The minimum atomic E-state index is -3.11. The van der Waals surface area contributed by atoms with E-state index in [-0.39, 0.29) is 0 Å². The van der Waals surface area contributed by atoms with Gasteiger partial charge in [0.2, 0.25) is 10.0 Å². The van der Waals surface area contributed by atoms with Crippen LogP contribution in [0.3, 0.4) is 0 Å². The molecule has 3 N–H and O–H groups in total. The van der Waals surface area contributed by atoms with Crippen molar-refractivity contribution in [3.05, 3.63) is 15.6 Å². The smallest absolute Gasteiger partial charge is 0.208 e. The number of nitrogens with zero attached hydrogens (tertiary/aromatic N) is 2. The van der Waals surface area contributed by atoms with Crippen LogP contribution >= 0.6 is 11.3 Å². The number of sulfonamides is 1. The van der Waals surface area contributed by atoms with E-state index in [1.807, 2.05) is 6.92 Å². The molecule has 1 aromatic heterocycles. The lowest BCUT2D eigenvalue weighted by Crippen LogP contribution is -2.38. The fourth-order valence-corrected chi connectivity index (χ4v) is 2.94. The molecule has 0 aliphatic carbocycles. The zero-order valence-electron chi connectivity index (χ0n) is 12.9. The summed E-state index contributed by atoms with van der Waals surface area (Å²) in [6.07, 6.45) is 1.84. The van der Waals surface area contributed by atoms with Crippen molar-refractivity contribution in [2.45, 2.75) is 26.8 Å². The van der Waals surface area contributed by atoms with E-state index in [4.69, 9.17) is 0 Å². The molecule has 1 aromatic rings. The molecule has 0 fully saturated rings. The maximum Gasteiger partial charge on any atom is 0.208 e. The fourth-order valence-electron chi connectivity index (χ4n) is 1.55. The number of hydrogen-bond acceptors (Lipinski definition) is 5. The minimum Gasteiger partial charge on any atom is -0.356 e. The van der Waals surface area contributed by atoms with Gasteiger partial charge in [0, 0.05) is 25.0 Å². The van der Waals surface area contributed by atoms with E-state index < -0.39 is 10.0 Å². The summed E-state index contributed by atoms with van der Waals surface area (Å²) in [5, 5.41) is 7.33. The monoisotopic (exact) mass is 333 g/mol. The third-order valence-electron chi connectivity index (χ3n) is 2.71. The van der Waals surface area contributed by atoms with Gasteiger partial charge < -0.3 is 10.6 Å². The van der Waals surface area contributed by atoms with Crippen molar-refractivity contribution in [3.8, 4) is 0 Å². The lowest BCUT2D eigenvalue weighted by Gasteiger charge is -2.10. The summed E-state index contributed by atoms with van der Waals surface area (Å²) < 4.78 is 24.2. The van der Waals surface area contributed by atoms with E-state index in [0.29, 0.717) is 32.0 Å². The fraction of sp³-hybridized carbons (Fsp3) is 0.667. The van der Waals surface area contributed by atoms with Crippen molar-refractivity contribution in [1.29, 1.82) is 0 Å². The van der Waals surface area contributed by atoms with Gasteiger partial charge >= 0.3 is 0 Å². The number of guanidine groups is 1. The topological polar surface area (TPSA) is 95.5 Å². The van der Waals surface area contributed by atoms with Gasteiger partial charge in [-0.3, -0.25) is 4.99 Å². The second-order valence-electron chi connectivity index (χ2n) is 4.62. The van der Waals surface area contributed by atoms with Gasteiger partial charge in [0.1, 0.15) is 5.01 Å². The first-order chi connectivity index (χ1) is 9.81. The summed E-state index contributed by atoms with van der Waals surface area (Å²) in [7, 11) is -1.41. The molecule has 0 saturated carbocycles. The molecule has 1 rings (SSSR count). The zero-order chi connectivity index (χ0) is 15.9. The number of thiazole rings is 1. The molecule has 0 spiro atoms. The molecule has 0 aliphatic heterocycles. The summed E-state index contributed by atoms with van der Waals surface area (Å²) in [4.78, 5) is 9.78. The van der Waals surface area contributed by atoms with Crippen LogP contribution in [0.25, 0.3) is 0 Å². The maximum absolute atomic E-state index is 10.9. The first kappa shape index (κ1) is 17.9. The first-order valence-electron chi connectivity index (χ1n) is 6.64. The Hall–Kier alpha value is -1.19.